The van der Waals surface area contributed by atoms with E-state index in [-0.39, 0.29) is 19.1 Å². The van der Waals surface area contributed by atoms with E-state index in [2.05, 4.69) is 21.7 Å². The summed E-state index contributed by atoms with van der Waals surface area (Å²) < 4.78 is 5.30. The van der Waals surface area contributed by atoms with E-state index in [0.29, 0.717) is 5.84 Å². The number of rotatable bonds is 8. The molecule has 0 amide bonds. The number of hydrazine groups is 1. The van der Waals surface area contributed by atoms with E-state index < -0.39 is 0 Å². The van der Waals surface area contributed by atoms with Crippen LogP contribution < -0.4 is 4.83 Å². The van der Waals surface area contributed by atoms with Gasteiger partial charge < -0.3 is 4.74 Å². The summed E-state index contributed by atoms with van der Waals surface area (Å²) in [6.45, 7) is 4.45. The van der Waals surface area contributed by atoms with Gasteiger partial charge in [0.25, 0.3) is 0 Å². The topological polar surface area (TPSA) is 66.3 Å². The van der Waals surface area contributed by atoms with Crippen molar-refractivity contribution in [3.63, 3.8) is 0 Å². The van der Waals surface area contributed by atoms with Gasteiger partial charge in [0.1, 0.15) is 13.2 Å². The van der Waals surface area contributed by atoms with Crippen LogP contribution in [0.25, 0.3) is 0 Å². The monoisotopic (exact) mass is 372 g/mol. The Morgan fingerprint density at radius 1 is 1.27 bits per heavy atom. The van der Waals surface area contributed by atoms with Crippen molar-refractivity contribution in [2.45, 2.75) is 33.3 Å². The molecule has 138 valence electrons. The number of amidine groups is 1. The average Bonchev–Trinajstić information content (AvgIpc) is 3.12. The van der Waals surface area contributed by atoms with Crippen LogP contribution in [-0.4, -0.2) is 29.6 Å². The number of allylic oxidation sites excluding steroid dienone is 1. The fourth-order valence-corrected chi connectivity index (χ4v) is 2.68. The lowest BCUT2D eigenvalue weighted by molar-refractivity contribution is -0.145. The zero-order valence-electron chi connectivity index (χ0n) is 15.1. The van der Waals surface area contributed by atoms with Gasteiger partial charge in [-0.05, 0) is 30.4 Å². The summed E-state index contributed by atoms with van der Waals surface area (Å²) in [6.07, 6.45) is 9.10. The zero-order chi connectivity index (χ0) is 18.6. The molecule has 0 radical (unpaired) electrons. The van der Waals surface area contributed by atoms with Crippen LogP contribution >= 0.6 is 11.9 Å². The molecule has 2 rings (SSSR count). The van der Waals surface area contributed by atoms with Gasteiger partial charge in [-0.15, -0.1) is 0 Å². The third-order valence-corrected chi connectivity index (χ3v) is 4.08. The smallest absolute Gasteiger partial charge is 0.327 e. The molecule has 0 unspecified atom stereocenters. The second-order valence-corrected chi connectivity index (χ2v) is 6.25. The molecule has 0 spiro atoms. The van der Waals surface area contributed by atoms with Crippen molar-refractivity contribution in [2.24, 2.45) is 9.98 Å². The van der Waals surface area contributed by atoms with E-state index in [1.807, 2.05) is 55.7 Å². The first-order chi connectivity index (χ1) is 12.7. The Labute approximate surface area is 158 Å². The predicted molar refractivity (Wildman–Crippen MR) is 107 cm³/mol. The van der Waals surface area contributed by atoms with Crippen molar-refractivity contribution in [2.75, 3.05) is 6.54 Å². The lowest BCUT2D eigenvalue weighted by Crippen LogP contribution is -2.31. The van der Waals surface area contributed by atoms with E-state index in [9.17, 15) is 4.79 Å². The lowest BCUT2D eigenvalue weighted by Gasteiger charge is -2.13. The number of ether oxygens (including phenoxy) is 1. The van der Waals surface area contributed by atoms with Crippen molar-refractivity contribution in [3.8, 4) is 0 Å². The van der Waals surface area contributed by atoms with Gasteiger partial charge in [0, 0.05) is 18.6 Å². The molecule has 1 N–H and O–H groups in total. The highest BCUT2D eigenvalue weighted by molar-refractivity contribution is 8.02. The Morgan fingerprint density at radius 3 is 2.81 bits per heavy atom. The van der Waals surface area contributed by atoms with Crippen LogP contribution in [0.3, 0.4) is 0 Å². The first kappa shape index (κ1) is 19.9. The van der Waals surface area contributed by atoms with Gasteiger partial charge in [0.15, 0.2) is 5.84 Å². The maximum Gasteiger partial charge on any atom is 0.327 e. The quantitative estimate of drug-likeness (QED) is 0.325. The molecular formula is C19H24N4O2S. The Balaban J connectivity index is 1.91. The molecule has 1 aromatic carbocycles. The number of aliphatic imine (C=N–C) groups is 2. The lowest BCUT2D eigenvalue weighted by atomic mass is 10.2. The van der Waals surface area contributed by atoms with E-state index in [4.69, 9.17) is 4.74 Å². The van der Waals surface area contributed by atoms with Crippen molar-refractivity contribution in [1.29, 1.82) is 0 Å². The molecule has 1 aliphatic rings. The standard InChI is InChI=1S/C19H24N4O2S/c1-3-5-12-21-19(20-11-4-2)17-13-23(22-26-17)14-18(24)25-15-16-9-7-6-8-10-16/h5-13,22H,3-4,14-15H2,1-2H3/b12-5-,20-11?,21-19?. The maximum absolute atomic E-state index is 12.0. The number of nitrogens with one attached hydrogen (secondary N) is 1. The first-order valence-electron chi connectivity index (χ1n) is 8.59. The number of carbonyl (C=O) groups excluding carboxylic acids is 1. The molecular weight excluding hydrogens is 348 g/mol. The third-order valence-electron chi connectivity index (χ3n) is 3.24. The van der Waals surface area contributed by atoms with Crippen molar-refractivity contribution in [3.05, 3.63) is 59.3 Å². The van der Waals surface area contributed by atoms with Gasteiger partial charge in [0.05, 0.1) is 4.91 Å². The minimum atomic E-state index is -0.305. The van der Waals surface area contributed by atoms with Crippen LogP contribution in [0.4, 0.5) is 0 Å². The molecule has 1 aromatic rings. The highest BCUT2D eigenvalue weighted by Crippen LogP contribution is 2.22. The Kier molecular flexibility index (Phi) is 8.65. The predicted octanol–water partition coefficient (Wildman–Crippen LogP) is 3.84. The van der Waals surface area contributed by atoms with Gasteiger partial charge in [-0.2, -0.15) is 4.83 Å². The van der Waals surface area contributed by atoms with Gasteiger partial charge in [-0.3, -0.25) is 9.80 Å². The summed E-state index contributed by atoms with van der Waals surface area (Å²) in [5, 5.41) is 1.67. The molecule has 0 fully saturated rings. The summed E-state index contributed by atoms with van der Waals surface area (Å²) in [7, 11) is 0. The molecule has 1 heterocycles. The zero-order valence-corrected chi connectivity index (χ0v) is 15.9. The van der Waals surface area contributed by atoms with Crippen LogP contribution in [0.15, 0.2) is 63.7 Å². The summed E-state index contributed by atoms with van der Waals surface area (Å²) >= 11 is 1.37. The van der Waals surface area contributed by atoms with Crippen molar-refractivity contribution >= 4 is 30.0 Å². The molecule has 0 saturated carbocycles. The van der Waals surface area contributed by atoms with Crippen molar-refractivity contribution in [1.82, 2.24) is 9.84 Å². The van der Waals surface area contributed by atoms with Crippen LogP contribution in [0, 0.1) is 0 Å². The summed E-state index contributed by atoms with van der Waals surface area (Å²) in [6, 6.07) is 9.61. The SMILES string of the molecule is CCC=NC(=N/C=C\CC)C1=CN(CC(=O)OCc2ccccc2)NS1. The first-order valence-corrected chi connectivity index (χ1v) is 9.40. The Morgan fingerprint density at radius 2 is 2.08 bits per heavy atom. The number of hydrogen-bond acceptors (Lipinski definition) is 6. The highest BCUT2D eigenvalue weighted by Gasteiger charge is 2.19. The van der Waals surface area contributed by atoms with Crippen LogP contribution in [0.5, 0.6) is 0 Å². The van der Waals surface area contributed by atoms with E-state index in [1.165, 1.54) is 11.9 Å². The molecule has 0 bridgehead atoms. The fraction of sp³-hybridized carbons (Fsp3) is 0.316. The number of benzene rings is 1. The summed E-state index contributed by atoms with van der Waals surface area (Å²) in [4.78, 5) is 24.7. The van der Waals surface area contributed by atoms with Gasteiger partial charge in [-0.25, -0.2) is 9.98 Å². The highest BCUT2D eigenvalue weighted by atomic mass is 32.2. The van der Waals surface area contributed by atoms with Crippen molar-refractivity contribution < 1.29 is 9.53 Å². The molecule has 0 atom stereocenters. The minimum Gasteiger partial charge on any atom is -0.459 e. The molecule has 1 aliphatic heterocycles. The molecule has 0 aromatic heterocycles. The fourth-order valence-electron chi connectivity index (χ4n) is 1.97. The van der Waals surface area contributed by atoms with Crippen LogP contribution in [0.1, 0.15) is 32.3 Å². The maximum atomic E-state index is 12.0. The molecule has 0 saturated heterocycles. The van der Waals surface area contributed by atoms with Crippen LogP contribution in [0.2, 0.25) is 0 Å². The van der Waals surface area contributed by atoms with Crippen LogP contribution in [-0.2, 0) is 16.1 Å². The third kappa shape index (κ3) is 6.85. The number of carbonyl (C=O) groups is 1. The number of hydrogen-bond donors (Lipinski definition) is 1. The van der Waals surface area contributed by atoms with E-state index in [1.54, 1.807) is 11.2 Å². The second kappa shape index (κ2) is 11.3. The van der Waals surface area contributed by atoms with Gasteiger partial charge in [-0.1, -0.05) is 50.3 Å². The summed E-state index contributed by atoms with van der Waals surface area (Å²) in [5.74, 6) is 0.315. The molecule has 7 heteroatoms. The molecule has 6 nitrogen and oxygen atoms in total. The minimum absolute atomic E-state index is 0.110. The molecule has 26 heavy (non-hydrogen) atoms. The van der Waals surface area contributed by atoms with E-state index >= 15 is 0 Å². The molecule has 0 aliphatic carbocycles. The largest absolute Gasteiger partial charge is 0.459 e. The number of esters is 1. The number of nitrogens with zero attached hydrogens (tertiary/aromatic N) is 3. The Hall–Kier alpha value is -2.38. The van der Waals surface area contributed by atoms with Gasteiger partial charge >= 0.3 is 5.97 Å². The van der Waals surface area contributed by atoms with E-state index in [0.717, 1.165) is 23.3 Å². The second-order valence-electron chi connectivity index (χ2n) is 5.43. The Bertz CT molecular complexity index is 699. The normalized spacial score (nSPS) is 15.1. The van der Waals surface area contributed by atoms with Gasteiger partial charge in [0.2, 0.25) is 0 Å². The average molecular weight is 372 g/mol. The summed E-state index contributed by atoms with van der Waals surface area (Å²) in [5.41, 5.74) is 0.965.